The molecule has 0 saturated carbocycles. The summed E-state index contributed by atoms with van der Waals surface area (Å²) >= 11 is 4.13. The van der Waals surface area contributed by atoms with Gasteiger partial charge in [0, 0.05) is 11.2 Å². The molecule has 2 N–H and O–H groups in total. The fraction of sp³-hybridized carbons (Fsp3) is 1.00. The summed E-state index contributed by atoms with van der Waals surface area (Å²) in [6.45, 7) is 4.11. The van der Waals surface area contributed by atoms with Gasteiger partial charge < -0.3 is 10.2 Å². The van der Waals surface area contributed by atoms with Gasteiger partial charge in [-0.2, -0.15) is 12.6 Å². The molecule has 0 aliphatic heterocycles. The Morgan fingerprint density at radius 2 is 1.82 bits per heavy atom. The molecule has 1 atom stereocenters. The zero-order chi connectivity index (χ0) is 8.91. The van der Waals surface area contributed by atoms with E-state index in [4.69, 9.17) is 10.2 Å². The minimum absolute atomic E-state index is 0.0159. The van der Waals surface area contributed by atoms with Crippen molar-refractivity contribution in [2.45, 2.75) is 20.3 Å². The van der Waals surface area contributed by atoms with Gasteiger partial charge in [-0.15, -0.1) is 0 Å². The molecule has 0 aliphatic rings. The van der Waals surface area contributed by atoms with Crippen molar-refractivity contribution in [1.82, 2.24) is 0 Å². The molecule has 2 nitrogen and oxygen atoms in total. The monoisotopic (exact) mass is 178 g/mol. The van der Waals surface area contributed by atoms with E-state index in [1.165, 1.54) is 0 Å². The number of aliphatic hydroxyl groups is 2. The van der Waals surface area contributed by atoms with Crippen molar-refractivity contribution < 1.29 is 10.2 Å². The van der Waals surface area contributed by atoms with E-state index in [0.29, 0.717) is 11.7 Å². The van der Waals surface area contributed by atoms with E-state index < -0.39 is 5.41 Å². The number of hydrogen-bond acceptors (Lipinski definition) is 3. The first-order chi connectivity index (χ1) is 5.16. The second-order valence-electron chi connectivity index (χ2n) is 3.15. The molecule has 0 aromatic rings. The lowest BCUT2D eigenvalue weighted by Gasteiger charge is -2.33. The minimum Gasteiger partial charge on any atom is -0.396 e. The summed E-state index contributed by atoms with van der Waals surface area (Å²) in [4.78, 5) is 0. The summed E-state index contributed by atoms with van der Waals surface area (Å²) in [6, 6.07) is 0. The van der Waals surface area contributed by atoms with Crippen molar-refractivity contribution in [3.05, 3.63) is 0 Å². The first-order valence-corrected chi connectivity index (χ1v) is 4.62. The third kappa shape index (κ3) is 2.36. The summed E-state index contributed by atoms with van der Waals surface area (Å²) in [6.07, 6.45) is 0.960. The maximum atomic E-state index is 9.07. The van der Waals surface area contributed by atoms with Crippen molar-refractivity contribution >= 4 is 12.6 Å². The van der Waals surface area contributed by atoms with Gasteiger partial charge in [-0.1, -0.05) is 20.3 Å². The van der Waals surface area contributed by atoms with E-state index >= 15 is 0 Å². The lowest BCUT2D eigenvalue weighted by molar-refractivity contribution is 0.0287. The standard InChI is InChI=1S/C8H18O2S/c1-3-7(2)8(4-9,5-10)6-11/h7,9-11H,3-6H2,1-2H3. The topological polar surface area (TPSA) is 40.5 Å². The lowest BCUT2D eigenvalue weighted by Crippen LogP contribution is -2.38. The Morgan fingerprint density at radius 3 is 1.91 bits per heavy atom. The highest BCUT2D eigenvalue weighted by Gasteiger charge is 2.32. The van der Waals surface area contributed by atoms with Gasteiger partial charge in [0.25, 0.3) is 0 Å². The van der Waals surface area contributed by atoms with Crippen LogP contribution in [0.25, 0.3) is 0 Å². The van der Waals surface area contributed by atoms with Crippen LogP contribution in [0.5, 0.6) is 0 Å². The third-order valence-corrected chi connectivity index (χ3v) is 3.23. The molecule has 0 rings (SSSR count). The second-order valence-corrected chi connectivity index (χ2v) is 3.46. The van der Waals surface area contributed by atoms with Crippen LogP contribution in [0.4, 0.5) is 0 Å². The average Bonchev–Trinajstić information content (AvgIpc) is 2.08. The molecule has 0 aromatic heterocycles. The maximum absolute atomic E-state index is 9.07. The molecule has 0 aromatic carbocycles. The molecular weight excluding hydrogens is 160 g/mol. The SMILES string of the molecule is CCC(C)C(CO)(CO)CS. The van der Waals surface area contributed by atoms with E-state index in [0.717, 1.165) is 6.42 Å². The van der Waals surface area contributed by atoms with Gasteiger partial charge in [-0.05, 0) is 5.92 Å². The fourth-order valence-electron chi connectivity index (χ4n) is 1.05. The van der Waals surface area contributed by atoms with Crippen LogP contribution >= 0.6 is 12.6 Å². The van der Waals surface area contributed by atoms with Gasteiger partial charge in [-0.3, -0.25) is 0 Å². The Labute approximate surface area is 74.0 Å². The van der Waals surface area contributed by atoms with Crippen LogP contribution in [0.15, 0.2) is 0 Å². The fourth-order valence-corrected chi connectivity index (χ4v) is 1.56. The Balaban J connectivity index is 4.26. The van der Waals surface area contributed by atoms with E-state index in [1.807, 2.05) is 13.8 Å². The third-order valence-electron chi connectivity index (χ3n) is 2.60. The molecule has 0 spiro atoms. The molecule has 0 saturated heterocycles. The lowest BCUT2D eigenvalue weighted by atomic mass is 9.78. The average molecular weight is 178 g/mol. The highest BCUT2D eigenvalue weighted by atomic mass is 32.1. The van der Waals surface area contributed by atoms with Crippen molar-refractivity contribution in [1.29, 1.82) is 0 Å². The molecular formula is C8H18O2S. The molecule has 68 valence electrons. The first-order valence-electron chi connectivity index (χ1n) is 3.99. The summed E-state index contributed by atoms with van der Waals surface area (Å²) < 4.78 is 0. The van der Waals surface area contributed by atoms with Gasteiger partial charge in [0.05, 0.1) is 13.2 Å². The first kappa shape index (κ1) is 11.3. The Bertz CT molecular complexity index is 94.0. The van der Waals surface area contributed by atoms with Gasteiger partial charge in [0.15, 0.2) is 0 Å². The van der Waals surface area contributed by atoms with Crippen molar-refractivity contribution in [2.24, 2.45) is 11.3 Å². The molecule has 0 fully saturated rings. The molecule has 11 heavy (non-hydrogen) atoms. The van der Waals surface area contributed by atoms with Crippen LogP contribution in [0.2, 0.25) is 0 Å². The van der Waals surface area contributed by atoms with Gasteiger partial charge in [-0.25, -0.2) is 0 Å². The second kappa shape index (κ2) is 5.01. The summed E-state index contributed by atoms with van der Waals surface area (Å²) in [5, 5.41) is 18.1. The van der Waals surface area contributed by atoms with Crippen LogP contribution in [0.3, 0.4) is 0 Å². The zero-order valence-electron chi connectivity index (χ0n) is 7.25. The molecule has 3 heteroatoms. The molecule has 0 bridgehead atoms. The van der Waals surface area contributed by atoms with Crippen molar-refractivity contribution in [2.75, 3.05) is 19.0 Å². The largest absolute Gasteiger partial charge is 0.396 e. The number of thiol groups is 1. The predicted molar refractivity (Wildman–Crippen MR) is 49.9 cm³/mol. The van der Waals surface area contributed by atoms with Crippen LogP contribution < -0.4 is 0 Å². The number of aliphatic hydroxyl groups excluding tert-OH is 2. The summed E-state index contributed by atoms with van der Waals surface area (Å²) in [7, 11) is 0. The van der Waals surface area contributed by atoms with E-state index in [2.05, 4.69) is 12.6 Å². The Morgan fingerprint density at radius 1 is 1.36 bits per heavy atom. The Hall–Kier alpha value is 0.270. The van der Waals surface area contributed by atoms with Crippen molar-refractivity contribution in [3.63, 3.8) is 0 Å². The maximum Gasteiger partial charge on any atom is 0.0519 e. The number of rotatable bonds is 5. The molecule has 0 heterocycles. The van der Waals surface area contributed by atoms with Crippen LogP contribution in [0, 0.1) is 11.3 Å². The van der Waals surface area contributed by atoms with Gasteiger partial charge in [0.2, 0.25) is 0 Å². The highest BCUT2D eigenvalue weighted by molar-refractivity contribution is 7.80. The summed E-state index contributed by atoms with van der Waals surface area (Å²) in [5.74, 6) is 0.852. The summed E-state index contributed by atoms with van der Waals surface area (Å²) in [5.41, 5.74) is -0.391. The molecule has 0 radical (unpaired) electrons. The van der Waals surface area contributed by atoms with Crippen LogP contribution in [-0.4, -0.2) is 29.2 Å². The molecule has 0 amide bonds. The molecule has 0 aliphatic carbocycles. The van der Waals surface area contributed by atoms with Gasteiger partial charge in [0.1, 0.15) is 0 Å². The predicted octanol–water partition coefficient (Wildman–Crippen LogP) is 0.933. The number of hydrogen-bond donors (Lipinski definition) is 3. The normalized spacial score (nSPS) is 15.0. The van der Waals surface area contributed by atoms with Crippen LogP contribution in [0.1, 0.15) is 20.3 Å². The van der Waals surface area contributed by atoms with Gasteiger partial charge >= 0.3 is 0 Å². The highest BCUT2D eigenvalue weighted by Crippen LogP contribution is 2.30. The van der Waals surface area contributed by atoms with E-state index in [1.54, 1.807) is 0 Å². The van der Waals surface area contributed by atoms with E-state index in [-0.39, 0.29) is 13.2 Å². The Kier molecular flexibility index (Phi) is 5.13. The van der Waals surface area contributed by atoms with Crippen molar-refractivity contribution in [3.8, 4) is 0 Å². The zero-order valence-corrected chi connectivity index (χ0v) is 8.14. The quantitative estimate of drug-likeness (QED) is 0.548. The minimum atomic E-state index is -0.391. The smallest absolute Gasteiger partial charge is 0.0519 e. The molecule has 1 unspecified atom stereocenters. The van der Waals surface area contributed by atoms with Crippen LogP contribution in [-0.2, 0) is 0 Å². The van der Waals surface area contributed by atoms with E-state index in [9.17, 15) is 0 Å².